The second kappa shape index (κ2) is 5.35. The molecule has 17 heavy (non-hydrogen) atoms. The molecule has 0 aliphatic heterocycles. The summed E-state index contributed by atoms with van der Waals surface area (Å²) in [5, 5.41) is 19.5. The molecule has 5 nitrogen and oxygen atoms in total. The third-order valence-corrected chi connectivity index (χ3v) is 2.75. The normalized spacial score (nSPS) is 14.2. The first-order valence-electron chi connectivity index (χ1n) is 4.88. The summed E-state index contributed by atoms with van der Waals surface area (Å²) in [4.78, 5) is 11.1. The van der Waals surface area contributed by atoms with Crippen molar-refractivity contribution >= 4 is 23.3 Å². The summed E-state index contributed by atoms with van der Waals surface area (Å²) >= 11 is 5.85. The van der Waals surface area contributed by atoms with Gasteiger partial charge in [0.15, 0.2) is 6.10 Å². The number of aryl methyl sites for hydroxylation is 1. The predicted octanol–water partition coefficient (Wildman–Crippen LogP) is 0.798. The SMILES string of the molecule is COC(=O)C(O)C(O)c1cc(C)c(N)c(Cl)c1. The van der Waals surface area contributed by atoms with E-state index in [4.69, 9.17) is 17.3 Å². The van der Waals surface area contributed by atoms with Crippen molar-refractivity contribution < 1.29 is 19.7 Å². The number of benzene rings is 1. The third kappa shape index (κ3) is 2.88. The van der Waals surface area contributed by atoms with E-state index >= 15 is 0 Å². The predicted molar refractivity (Wildman–Crippen MR) is 63.6 cm³/mol. The highest BCUT2D eigenvalue weighted by atomic mass is 35.5. The summed E-state index contributed by atoms with van der Waals surface area (Å²) in [6.45, 7) is 1.71. The largest absolute Gasteiger partial charge is 0.467 e. The number of carbonyl (C=O) groups is 1. The number of ether oxygens (including phenoxy) is 1. The smallest absolute Gasteiger partial charge is 0.337 e. The Labute approximate surface area is 104 Å². The second-order valence-corrected chi connectivity index (χ2v) is 4.05. The van der Waals surface area contributed by atoms with Gasteiger partial charge < -0.3 is 20.7 Å². The molecular formula is C11H14ClNO4. The number of esters is 1. The van der Waals surface area contributed by atoms with Gasteiger partial charge in [-0.15, -0.1) is 0 Å². The van der Waals surface area contributed by atoms with Crippen LogP contribution in [-0.2, 0) is 9.53 Å². The Morgan fingerprint density at radius 3 is 2.53 bits per heavy atom. The molecule has 2 atom stereocenters. The molecule has 0 fully saturated rings. The van der Waals surface area contributed by atoms with Gasteiger partial charge in [-0.05, 0) is 24.1 Å². The Bertz CT molecular complexity index is 412. The number of nitrogen functional groups attached to an aromatic ring is 1. The molecule has 6 heteroatoms. The molecule has 2 unspecified atom stereocenters. The molecule has 1 rings (SSSR count). The molecule has 0 aliphatic carbocycles. The van der Waals surface area contributed by atoms with Crippen molar-refractivity contribution in [3.05, 3.63) is 28.3 Å². The van der Waals surface area contributed by atoms with Crippen LogP contribution < -0.4 is 5.73 Å². The van der Waals surface area contributed by atoms with Crippen LogP contribution in [0.1, 0.15) is 17.2 Å². The zero-order valence-corrected chi connectivity index (χ0v) is 10.2. The number of methoxy groups -OCH3 is 1. The maximum Gasteiger partial charge on any atom is 0.337 e. The Morgan fingerprint density at radius 2 is 2.06 bits per heavy atom. The Hall–Kier alpha value is -1.30. The summed E-state index contributed by atoms with van der Waals surface area (Å²) in [6, 6.07) is 2.96. The van der Waals surface area contributed by atoms with Crippen molar-refractivity contribution in [1.82, 2.24) is 0 Å². The monoisotopic (exact) mass is 259 g/mol. The van der Waals surface area contributed by atoms with Gasteiger partial charge in [-0.1, -0.05) is 17.7 Å². The van der Waals surface area contributed by atoms with Gasteiger partial charge in [-0.3, -0.25) is 0 Å². The lowest BCUT2D eigenvalue weighted by molar-refractivity contribution is -0.156. The first-order chi connectivity index (χ1) is 7.88. The van der Waals surface area contributed by atoms with Crippen molar-refractivity contribution in [2.45, 2.75) is 19.1 Å². The molecule has 4 N–H and O–H groups in total. The number of carbonyl (C=O) groups excluding carboxylic acids is 1. The number of hydrogen-bond acceptors (Lipinski definition) is 5. The Balaban J connectivity index is 3.04. The van der Waals surface area contributed by atoms with Gasteiger partial charge in [0.25, 0.3) is 0 Å². The van der Waals surface area contributed by atoms with Crippen molar-refractivity contribution in [2.75, 3.05) is 12.8 Å². The van der Waals surface area contributed by atoms with Crippen LogP contribution in [0.2, 0.25) is 5.02 Å². The van der Waals surface area contributed by atoms with Crippen molar-refractivity contribution in [3.63, 3.8) is 0 Å². The van der Waals surface area contributed by atoms with E-state index in [1.807, 2.05) is 0 Å². The molecule has 1 aromatic carbocycles. The lowest BCUT2D eigenvalue weighted by Crippen LogP contribution is -2.29. The van der Waals surface area contributed by atoms with Gasteiger partial charge in [0.05, 0.1) is 17.8 Å². The van der Waals surface area contributed by atoms with Gasteiger partial charge in [-0.25, -0.2) is 4.79 Å². The molecule has 0 saturated carbocycles. The van der Waals surface area contributed by atoms with E-state index in [-0.39, 0.29) is 5.02 Å². The van der Waals surface area contributed by atoms with Crippen molar-refractivity contribution in [3.8, 4) is 0 Å². The average molecular weight is 260 g/mol. The average Bonchev–Trinajstić information content (AvgIpc) is 2.32. The van der Waals surface area contributed by atoms with E-state index in [0.717, 1.165) is 7.11 Å². The minimum Gasteiger partial charge on any atom is -0.467 e. The highest BCUT2D eigenvalue weighted by Gasteiger charge is 2.27. The number of aliphatic hydroxyl groups is 2. The molecule has 0 radical (unpaired) electrons. The van der Waals surface area contributed by atoms with E-state index in [9.17, 15) is 15.0 Å². The summed E-state index contributed by atoms with van der Waals surface area (Å²) in [5.41, 5.74) is 7.00. The Kier molecular flexibility index (Phi) is 4.34. The fraction of sp³-hybridized carbons (Fsp3) is 0.364. The molecule has 1 aromatic rings. The maximum absolute atomic E-state index is 11.1. The van der Waals surface area contributed by atoms with Crippen molar-refractivity contribution in [2.24, 2.45) is 0 Å². The van der Waals surface area contributed by atoms with Crippen LogP contribution in [0, 0.1) is 6.92 Å². The van der Waals surface area contributed by atoms with E-state index in [0.29, 0.717) is 16.8 Å². The second-order valence-electron chi connectivity index (χ2n) is 3.65. The molecule has 0 aliphatic rings. The lowest BCUT2D eigenvalue weighted by Gasteiger charge is -2.17. The van der Waals surface area contributed by atoms with Crippen LogP contribution in [0.5, 0.6) is 0 Å². The standard InChI is InChI=1S/C11H14ClNO4/c1-5-3-6(4-7(12)8(5)13)9(14)10(15)11(16)17-2/h3-4,9-10,14-15H,13H2,1-2H3. The fourth-order valence-corrected chi connectivity index (χ4v) is 1.66. The van der Waals surface area contributed by atoms with Crippen molar-refractivity contribution in [1.29, 1.82) is 0 Å². The van der Waals surface area contributed by atoms with Gasteiger partial charge in [0, 0.05) is 0 Å². The Morgan fingerprint density at radius 1 is 1.47 bits per heavy atom. The number of nitrogens with two attached hydrogens (primary N) is 1. The molecule has 0 amide bonds. The number of anilines is 1. The van der Waals surface area contributed by atoms with E-state index in [2.05, 4.69) is 4.74 Å². The summed E-state index contributed by atoms with van der Waals surface area (Å²) < 4.78 is 4.33. The number of aliphatic hydroxyl groups excluding tert-OH is 2. The van der Waals surface area contributed by atoms with Gasteiger partial charge in [0.2, 0.25) is 0 Å². The van der Waals surface area contributed by atoms with Gasteiger partial charge in [0.1, 0.15) is 6.10 Å². The van der Waals surface area contributed by atoms with E-state index in [1.54, 1.807) is 13.0 Å². The van der Waals surface area contributed by atoms with Gasteiger partial charge >= 0.3 is 5.97 Å². The first-order valence-corrected chi connectivity index (χ1v) is 5.25. The first kappa shape index (κ1) is 13.8. The molecule has 0 heterocycles. The summed E-state index contributed by atoms with van der Waals surface area (Å²) in [6.07, 6.45) is -3.06. The highest BCUT2D eigenvalue weighted by Crippen LogP contribution is 2.28. The van der Waals surface area contributed by atoms with E-state index in [1.165, 1.54) is 6.07 Å². The fourth-order valence-electron chi connectivity index (χ4n) is 1.38. The van der Waals surface area contributed by atoms with Crippen LogP contribution >= 0.6 is 11.6 Å². The summed E-state index contributed by atoms with van der Waals surface area (Å²) in [5.74, 6) is -0.914. The zero-order chi connectivity index (χ0) is 13.2. The van der Waals surface area contributed by atoms with Crippen LogP contribution in [-0.4, -0.2) is 29.4 Å². The van der Waals surface area contributed by atoms with Crippen LogP contribution in [0.4, 0.5) is 5.69 Å². The minimum atomic E-state index is -1.65. The third-order valence-electron chi connectivity index (χ3n) is 2.44. The number of halogens is 1. The quantitative estimate of drug-likeness (QED) is 0.551. The summed E-state index contributed by atoms with van der Waals surface area (Å²) in [7, 11) is 1.12. The number of hydrogen-bond donors (Lipinski definition) is 3. The van der Waals surface area contributed by atoms with Crippen LogP contribution in [0.3, 0.4) is 0 Å². The lowest BCUT2D eigenvalue weighted by atomic mass is 10.0. The number of rotatable bonds is 3. The van der Waals surface area contributed by atoms with E-state index < -0.39 is 18.2 Å². The van der Waals surface area contributed by atoms with Gasteiger partial charge in [-0.2, -0.15) is 0 Å². The molecule has 94 valence electrons. The maximum atomic E-state index is 11.1. The highest BCUT2D eigenvalue weighted by molar-refractivity contribution is 6.33. The molecule has 0 saturated heterocycles. The molecule has 0 spiro atoms. The molecule has 0 bridgehead atoms. The minimum absolute atomic E-state index is 0.260. The molecular weight excluding hydrogens is 246 g/mol. The zero-order valence-electron chi connectivity index (χ0n) is 9.48. The topological polar surface area (TPSA) is 92.8 Å². The van der Waals surface area contributed by atoms with Crippen LogP contribution in [0.15, 0.2) is 12.1 Å². The van der Waals surface area contributed by atoms with Crippen LogP contribution in [0.25, 0.3) is 0 Å². The molecule has 0 aromatic heterocycles.